The number of rotatable bonds is 6. The summed E-state index contributed by atoms with van der Waals surface area (Å²) in [7, 11) is -3.01. The molecule has 1 heterocycles. The first-order chi connectivity index (χ1) is 8.76. The molecule has 0 N–H and O–H groups in total. The van der Waals surface area contributed by atoms with E-state index >= 15 is 0 Å². The Labute approximate surface area is 118 Å². The minimum Gasteiger partial charge on any atom is -0.296 e. The van der Waals surface area contributed by atoms with Crippen LogP contribution in [0, 0.1) is 0 Å². The zero-order valence-corrected chi connectivity index (χ0v) is 13.0. The van der Waals surface area contributed by atoms with Crippen molar-refractivity contribution in [1.29, 1.82) is 0 Å². The first-order valence-corrected chi connectivity index (χ1v) is 8.44. The van der Waals surface area contributed by atoms with Crippen molar-refractivity contribution in [1.82, 2.24) is 9.55 Å². The minimum absolute atomic E-state index is 0.0502. The van der Waals surface area contributed by atoms with Crippen molar-refractivity contribution in [3.05, 3.63) is 27.4 Å². The molecule has 1 aromatic rings. The Balaban J connectivity index is 2.92. The summed E-state index contributed by atoms with van der Waals surface area (Å²) >= 11 is 5.77. The summed E-state index contributed by atoms with van der Waals surface area (Å²) in [5, 5.41) is 0.172. The molecule has 1 rings (SSSR count). The lowest BCUT2D eigenvalue weighted by atomic mass is 10.2. The smallest absolute Gasteiger partial charge is 0.254 e. The molecule has 0 aliphatic rings. The lowest BCUT2D eigenvalue weighted by molar-refractivity contribution is 0.559. The van der Waals surface area contributed by atoms with Gasteiger partial charge in [-0.25, -0.2) is 13.4 Å². The Bertz CT molecular complexity index is 593. The molecule has 0 bridgehead atoms. The van der Waals surface area contributed by atoms with Crippen LogP contribution >= 0.6 is 11.6 Å². The molecule has 0 radical (unpaired) electrons. The van der Waals surface area contributed by atoms with Crippen molar-refractivity contribution in [3.8, 4) is 0 Å². The van der Waals surface area contributed by atoms with Crippen molar-refractivity contribution in [2.24, 2.45) is 0 Å². The molecule has 0 aromatic carbocycles. The fourth-order valence-electron chi connectivity index (χ4n) is 1.75. The van der Waals surface area contributed by atoms with Crippen LogP contribution in [0.4, 0.5) is 0 Å². The normalized spacial score (nSPS) is 12.1. The third-order valence-electron chi connectivity index (χ3n) is 2.80. The zero-order chi connectivity index (χ0) is 14.6. The van der Waals surface area contributed by atoms with Gasteiger partial charge < -0.3 is 0 Å². The van der Waals surface area contributed by atoms with Crippen LogP contribution in [0.1, 0.15) is 38.9 Å². The van der Waals surface area contributed by atoms with Crippen LogP contribution in [0.25, 0.3) is 0 Å². The molecular weight excluding hydrogens is 288 g/mol. The van der Waals surface area contributed by atoms with Gasteiger partial charge >= 0.3 is 0 Å². The predicted octanol–water partition coefficient (Wildman–Crippen LogP) is 1.84. The van der Waals surface area contributed by atoms with Gasteiger partial charge in [-0.3, -0.25) is 9.36 Å². The Morgan fingerprint density at radius 2 is 2.05 bits per heavy atom. The summed E-state index contributed by atoms with van der Waals surface area (Å²) in [4.78, 5) is 16.0. The number of hydrogen-bond acceptors (Lipinski definition) is 4. The van der Waals surface area contributed by atoms with E-state index < -0.39 is 9.84 Å². The maximum Gasteiger partial charge on any atom is 0.254 e. The molecule has 0 aliphatic heterocycles. The molecule has 108 valence electrons. The summed E-state index contributed by atoms with van der Waals surface area (Å²) in [6, 6.07) is 1.25. The molecule has 5 nitrogen and oxygen atoms in total. The van der Waals surface area contributed by atoms with Gasteiger partial charge in [0.25, 0.3) is 5.56 Å². The van der Waals surface area contributed by atoms with Gasteiger partial charge in [-0.15, -0.1) is 0 Å². The maximum absolute atomic E-state index is 11.9. The third-order valence-corrected chi connectivity index (χ3v) is 4.78. The van der Waals surface area contributed by atoms with Gasteiger partial charge in [0.05, 0.1) is 5.75 Å². The molecule has 0 unspecified atom stereocenters. The number of nitrogens with zero attached hydrogens (tertiary/aromatic N) is 2. The van der Waals surface area contributed by atoms with Crippen LogP contribution in [0.2, 0.25) is 5.15 Å². The molecule has 1 aromatic heterocycles. The van der Waals surface area contributed by atoms with Gasteiger partial charge in [0.1, 0.15) is 20.8 Å². The molecule has 0 amide bonds. The monoisotopic (exact) mass is 306 g/mol. The van der Waals surface area contributed by atoms with Crippen LogP contribution in [-0.2, 0) is 16.4 Å². The van der Waals surface area contributed by atoms with E-state index in [0.29, 0.717) is 18.8 Å². The van der Waals surface area contributed by atoms with Gasteiger partial charge in [-0.1, -0.05) is 32.4 Å². The summed E-state index contributed by atoms with van der Waals surface area (Å²) < 4.78 is 24.3. The van der Waals surface area contributed by atoms with Gasteiger partial charge in [0, 0.05) is 24.3 Å². The fourth-order valence-corrected chi connectivity index (χ4v) is 2.78. The van der Waals surface area contributed by atoms with Gasteiger partial charge in [0.2, 0.25) is 0 Å². The molecule has 19 heavy (non-hydrogen) atoms. The van der Waals surface area contributed by atoms with E-state index in [2.05, 4.69) is 4.98 Å². The van der Waals surface area contributed by atoms with E-state index in [1.165, 1.54) is 10.6 Å². The fraction of sp³-hybridized carbons (Fsp3) is 0.667. The number of sulfone groups is 1. The molecule has 0 saturated carbocycles. The van der Waals surface area contributed by atoms with Gasteiger partial charge in [0.15, 0.2) is 0 Å². The first kappa shape index (κ1) is 16.2. The molecule has 0 atom stereocenters. The van der Waals surface area contributed by atoms with E-state index in [0.717, 1.165) is 0 Å². The van der Waals surface area contributed by atoms with E-state index in [1.54, 1.807) is 6.92 Å². The van der Waals surface area contributed by atoms with E-state index in [1.807, 2.05) is 13.8 Å². The average Bonchev–Trinajstić information content (AvgIpc) is 2.31. The standard InChI is InChI=1S/C12H19ClN2O3S/c1-4-19(17,18)7-5-6-15-11(16)8-10(13)14-12(15)9(2)3/h8-9H,4-7H2,1-3H3. The summed E-state index contributed by atoms with van der Waals surface area (Å²) in [6.07, 6.45) is 0.402. The van der Waals surface area contributed by atoms with Crippen molar-refractivity contribution < 1.29 is 8.42 Å². The first-order valence-electron chi connectivity index (χ1n) is 6.24. The Morgan fingerprint density at radius 1 is 1.42 bits per heavy atom. The van der Waals surface area contributed by atoms with Crippen LogP contribution < -0.4 is 5.56 Å². The average molecular weight is 307 g/mol. The second-order valence-corrected chi connectivity index (χ2v) is 7.53. The SMILES string of the molecule is CCS(=O)(=O)CCCn1c(C(C)C)nc(Cl)cc1=O. The van der Waals surface area contributed by atoms with Crippen LogP contribution in [-0.4, -0.2) is 29.5 Å². The summed E-state index contributed by atoms with van der Waals surface area (Å²) in [6.45, 7) is 5.79. The lowest BCUT2D eigenvalue weighted by Gasteiger charge is -2.14. The second kappa shape index (κ2) is 6.52. The number of halogens is 1. The van der Waals surface area contributed by atoms with E-state index in [4.69, 9.17) is 11.6 Å². The molecule has 0 fully saturated rings. The van der Waals surface area contributed by atoms with Crippen LogP contribution in [0.15, 0.2) is 10.9 Å². The largest absolute Gasteiger partial charge is 0.296 e. The molecule has 0 saturated heterocycles. The molecule has 0 aliphatic carbocycles. The van der Waals surface area contributed by atoms with Crippen molar-refractivity contribution in [2.45, 2.75) is 39.7 Å². The van der Waals surface area contributed by atoms with Crippen molar-refractivity contribution in [3.63, 3.8) is 0 Å². The van der Waals surface area contributed by atoms with Crippen molar-refractivity contribution >= 4 is 21.4 Å². The highest BCUT2D eigenvalue weighted by atomic mass is 35.5. The van der Waals surface area contributed by atoms with E-state index in [9.17, 15) is 13.2 Å². The molecule has 7 heteroatoms. The Morgan fingerprint density at radius 3 is 2.58 bits per heavy atom. The Hall–Kier alpha value is -0.880. The summed E-state index contributed by atoms with van der Waals surface area (Å²) in [5.74, 6) is 0.842. The predicted molar refractivity (Wildman–Crippen MR) is 76.5 cm³/mol. The second-order valence-electron chi connectivity index (χ2n) is 4.67. The maximum atomic E-state index is 11.9. The highest BCUT2D eigenvalue weighted by Crippen LogP contribution is 2.13. The van der Waals surface area contributed by atoms with Gasteiger partial charge in [-0.2, -0.15) is 0 Å². The minimum atomic E-state index is -3.01. The summed E-state index contributed by atoms with van der Waals surface area (Å²) in [5.41, 5.74) is -0.238. The van der Waals surface area contributed by atoms with Crippen molar-refractivity contribution in [2.75, 3.05) is 11.5 Å². The van der Waals surface area contributed by atoms with Crippen LogP contribution in [0.3, 0.4) is 0 Å². The third kappa shape index (κ3) is 4.62. The highest BCUT2D eigenvalue weighted by Gasteiger charge is 2.13. The van der Waals surface area contributed by atoms with E-state index in [-0.39, 0.29) is 28.1 Å². The number of hydrogen-bond donors (Lipinski definition) is 0. The Kier molecular flexibility index (Phi) is 5.55. The lowest BCUT2D eigenvalue weighted by Crippen LogP contribution is -2.26. The topological polar surface area (TPSA) is 69.0 Å². The zero-order valence-electron chi connectivity index (χ0n) is 11.4. The van der Waals surface area contributed by atoms with Gasteiger partial charge in [-0.05, 0) is 6.42 Å². The molecule has 0 spiro atoms. The number of aromatic nitrogens is 2. The quantitative estimate of drug-likeness (QED) is 0.752. The van der Waals surface area contributed by atoms with Crippen LogP contribution in [0.5, 0.6) is 0 Å². The molecular formula is C12H19ClN2O3S. The highest BCUT2D eigenvalue weighted by molar-refractivity contribution is 7.91.